The number of sulfonamides is 1. The Hall–Kier alpha value is -1.91. The molecule has 1 fully saturated rings. The fraction of sp³-hybridized carbons (Fsp3) is 0.154. The van der Waals surface area contributed by atoms with Crippen molar-refractivity contribution in [3.8, 4) is 0 Å². The highest BCUT2D eigenvalue weighted by atomic mass is 32.2. The Morgan fingerprint density at radius 1 is 1.48 bits per heavy atom. The Bertz CT molecular complexity index is 817. The Labute approximate surface area is 142 Å². The van der Waals surface area contributed by atoms with Crippen LogP contribution < -0.4 is 4.72 Å². The highest BCUT2D eigenvalue weighted by Gasteiger charge is 2.33. The number of hydrogen-bond acceptors (Lipinski definition) is 6. The third kappa shape index (κ3) is 4.78. The third-order valence-electron chi connectivity index (χ3n) is 2.65. The Morgan fingerprint density at radius 2 is 2.17 bits per heavy atom. The van der Waals surface area contributed by atoms with Gasteiger partial charge in [-0.1, -0.05) is 36.1 Å². The summed E-state index contributed by atoms with van der Waals surface area (Å²) < 4.78 is 25.0. The van der Waals surface area contributed by atoms with Crippen molar-refractivity contribution in [2.75, 3.05) is 17.5 Å². The second-order valence-corrected chi connectivity index (χ2v) is 8.09. The van der Waals surface area contributed by atoms with E-state index >= 15 is 0 Å². The minimum atomic E-state index is -3.40. The molecule has 2 rings (SSSR count). The van der Waals surface area contributed by atoms with E-state index in [2.05, 4.69) is 4.72 Å². The Kier molecular flexibility index (Phi) is 5.07. The molecule has 0 radical (unpaired) electrons. The number of benzene rings is 1. The summed E-state index contributed by atoms with van der Waals surface area (Å²) in [4.78, 5) is 24.2. The average Bonchev–Trinajstić information content (AvgIpc) is 2.64. The van der Waals surface area contributed by atoms with E-state index in [0.29, 0.717) is 11.3 Å². The number of nitrogens with zero attached hydrogens (tertiary/aromatic N) is 1. The first-order valence-electron chi connectivity index (χ1n) is 6.21. The van der Waals surface area contributed by atoms with Crippen molar-refractivity contribution in [3.63, 3.8) is 0 Å². The fourth-order valence-corrected chi connectivity index (χ4v) is 3.64. The monoisotopic (exact) mass is 372 g/mol. The standard InChI is InChI=1S/C13H12N2O5S3/c1-23(19,20)14-9-4-2-3-8(5-9)6-10-12(18)15(7-11(16)17)13(21)22-10/h2-6,14H,7H2,1H3,(H,16,17). The fourth-order valence-electron chi connectivity index (χ4n) is 1.83. The number of aliphatic carboxylic acids is 1. The van der Waals surface area contributed by atoms with E-state index in [0.717, 1.165) is 22.9 Å². The van der Waals surface area contributed by atoms with E-state index < -0.39 is 28.4 Å². The van der Waals surface area contributed by atoms with Crippen LogP contribution in [0.1, 0.15) is 5.56 Å². The highest BCUT2D eigenvalue weighted by molar-refractivity contribution is 8.26. The van der Waals surface area contributed by atoms with Crippen LogP contribution >= 0.6 is 24.0 Å². The molecule has 1 saturated heterocycles. The van der Waals surface area contributed by atoms with Crippen LogP contribution in [0, 0.1) is 0 Å². The molecule has 23 heavy (non-hydrogen) atoms. The van der Waals surface area contributed by atoms with E-state index in [-0.39, 0.29) is 9.23 Å². The van der Waals surface area contributed by atoms with Gasteiger partial charge in [0.2, 0.25) is 10.0 Å². The smallest absolute Gasteiger partial charge is 0.323 e. The van der Waals surface area contributed by atoms with Gasteiger partial charge < -0.3 is 5.11 Å². The first-order chi connectivity index (χ1) is 10.7. The second kappa shape index (κ2) is 6.69. The summed E-state index contributed by atoms with van der Waals surface area (Å²) in [5.74, 6) is -1.63. The summed E-state index contributed by atoms with van der Waals surface area (Å²) in [5.41, 5.74) is 0.955. The maximum atomic E-state index is 12.1. The van der Waals surface area contributed by atoms with Crippen molar-refractivity contribution < 1.29 is 23.1 Å². The van der Waals surface area contributed by atoms with Crippen molar-refractivity contribution in [2.45, 2.75) is 0 Å². The number of hydrogen-bond donors (Lipinski definition) is 2. The summed E-state index contributed by atoms with van der Waals surface area (Å²) in [7, 11) is -3.40. The molecular formula is C13H12N2O5S3. The lowest BCUT2D eigenvalue weighted by Gasteiger charge is -2.10. The summed E-state index contributed by atoms with van der Waals surface area (Å²) >= 11 is 6.00. The highest BCUT2D eigenvalue weighted by Crippen LogP contribution is 2.32. The number of rotatable bonds is 5. The number of carboxylic acids is 1. The van der Waals surface area contributed by atoms with Gasteiger partial charge in [0.1, 0.15) is 10.9 Å². The van der Waals surface area contributed by atoms with E-state index in [9.17, 15) is 18.0 Å². The van der Waals surface area contributed by atoms with Crippen LogP contribution in [-0.4, -0.2) is 47.4 Å². The van der Waals surface area contributed by atoms with Gasteiger partial charge in [-0.15, -0.1) is 0 Å². The zero-order valence-corrected chi connectivity index (χ0v) is 14.3. The molecule has 0 atom stereocenters. The lowest BCUT2D eigenvalue weighted by Crippen LogP contribution is -2.33. The maximum Gasteiger partial charge on any atom is 0.323 e. The summed E-state index contributed by atoms with van der Waals surface area (Å²) in [5, 5.41) is 8.78. The molecule has 1 amide bonds. The van der Waals surface area contributed by atoms with Gasteiger partial charge in [0.15, 0.2) is 0 Å². The van der Waals surface area contributed by atoms with Gasteiger partial charge >= 0.3 is 5.97 Å². The predicted molar refractivity (Wildman–Crippen MR) is 92.4 cm³/mol. The van der Waals surface area contributed by atoms with Crippen LogP contribution in [0.5, 0.6) is 0 Å². The average molecular weight is 372 g/mol. The van der Waals surface area contributed by atoms with Gasteiger partial charge in [-0.3, -0.25) is 19.2 Å². The molecule has 122 valence electrons. The van der Waals surface area contributed by atoms with Gasteiger partial charge in [-0.05, 0) is 23.8 Å². The van der Waals surface area contributed by atoms with Crippen molar-refractivity contribution in [1.82, 2.24) is 4.90 Å². The zero-order chi connectivity index (χ0) is 17.2. The molecule has 1 aromatic carbocycles. The maximum absolute atomic E-state index is 12.1. The lowest BCUT2D eigenvalue weighted by molar-refractivity contribution is -0.140. The van der Waals surface area contributed by atoms with E-state index in [1.165, 1.54) is 6.08 Å². The molecule has 0 spiro atoms. The number of amides is 1. The first kappa shape index (κ1) is 17.4. The van der Waals surface area contributed by atoms with Gasteiger partial charge in [0, 0.05) is 5.69 Å². The van der Waals surface area contributed by atoms with Crippen molar-refractivity contribution in [2.24, 2.45) is 0 Å². The number of carbonyl (C=O) groups is 2. The molecule has 2 N–H and O–H groups in total. The van der Waals surface area contributed by atoms with Crippen LogP contribution in [0.4, 0.5) is 5.69 Å². The Morgan fingerprint density at radius 3 is 2.78 bits per heavy atom. The third-order valence-corrected chi connectivity index (χ3v) is 4.64. The molecule has 7 nitrogen and oxygen atoms in total. The molecule has 0 aromatic heterocycles. The molecule has 1 heterocycles. The Balaban J connectivity index is 2.25. The number of thioether (sulfide) groups is 1. The van der Waals surface area contributed by atoms with Crippen LogP contribution in [0.3, 0.4) is 0 Å². The minimum absolute atomic E-state index is 0.175. The molecule has 0 bridgehead atoms. The largest absolute Gasteiger partial charge is 0.480 e. The van der Waals surface area contributed by atoms with Crippen LogP contribution in [0.15, 0.2) is 29.2 Å². The summed E-state index contributed by atoms with van der Waals surface area (Å²) in [6.07, 6.45) is 2.57. The van der Waals surface area contributed by atoms with Gasteiger partial charge in [0.05, 0.1) is 11.2 Å². The van der Waals surface area contributed by atoms with Crippen LogP contribution in [-0.2, 0) is 19.6 Å². The molecule has 0 saturated carbocycles. The van der Waals surface area contributed by atoms with E-state index in [4.69, 9.17) is 17.3 Å². The quantitative estimate of drug-likeness (QED) is 0.594. The number of carboxylic acid groups (broad SMARTS) is 1. The zero-order valence-electron chi connectivity index (χ0n) is 11.8. The normalized spacial score (nSPS) is 16.9. The van der Waals surface area contributed by atoms with Crippen molar-refractivity contribution in [1.29, 1.82) is 0 Å². The first-order valence-corrected chi connectivity index (χ1v) is 9.32. The molecular weight excluding hydrogens is 360 g/mol. The number of anilines is 1. The molecule has 1 aliphatic rings. The molecule has 1 aliphatic heterocycles. The summed E-state index contributed by atoms with van der Waals surface area (Å²) in [6, 6.07) is 6.47. The minimum Gasteiger partial charge on any atom is -0.480 e. The van der Waals surface area contributed by atoms with E-state index in [1.807, 2.05) is 0 Å². The SMILES string of the molecule is CS(=O)(=O)Nc1cccc(C=C2SC(=S)N(CC(=O)O)C2=O)c1. The van der Waals surface area contributed by atoms with Crippen molar-refractivity contribution >= 4 is 62.0 Å². The molecule has 0 unspecified atom stereocenters. The number of nitrogens with one attached hydrogen (secondary N) is 1. The number of thiocarbonyl (C=S) groups is 1. The number of carbonyl (C=O) groups excluding carboxylic acids is 1. The van der Waals surface area contributed by atoms with Crippen molar-refractivity contribution in [3.05, 3.63) is 34.7 Å². The van der Waals surface area contributed by atoms with E-state index in [1.54, 1.807) is 24.3 Å². The van der Waals surface area contributed by atoms with Gasteiger partial charge in [-0.2, -0.15) is 0 Å². The second-order valence-electron chi connectivity index (χ2n) is 4.66. The summed E-state index contributed by atoms with van der Waals surface area (Å²) in [6.45, 7) is -0.488. The molecule has 1 aromatic rings. The molecule has 0 aliphatic carbocycles. The van der Waals surface area contributed by atoms with Gasteiger partial charge in [0.25, 0.3) is 5.91 Å². The lowest BCUT2D eigenvalue weighted by atomic mass is 10.2. The molecule has 10 heteroatoms. The van der Waals surface area contributed by atoms with Gasteiger partial charge in [-0.25, -0.2) is 8.42 Å². The van der Waals surface area contributed by atoms with Crippen LogP contribution in [0.2, 0.25) is 0 Å². The topological polar surface area (TPSA) is 104 Å². The predicted octanol–water partition coefficient (Wildman–Crippen LogP) is 1.34. The van der Waals surface area contributed by atoms with Crippen LogP contribution in [0.25, 0.3) is 6.08 Å².